The molecule has 170 valence electrons. The molecule has 0 fully saturated rings. The summed E-state index contributed by atoms with van der Waals surface area (Å²) in [6.45, 7) is 2.85. The molecule has 0 aliphatic rings. The number of carbonyl (C=O) groups is 1. The number of esters is 1. The maximum absolute atomic E-state index is 12.5. The molecule has 0 saturated heterocycles. The lowest BCUT2D eigenvalue weighted by Gasteiger charge is -2.06. The summed E-state index contributed by atoms with van der Waals surface area (Å²) in [6.07, 6.45) is 2.14. The molecule has 0 unspecified atom stereocenters. The first-order valence-corrected chi connectivity index (χ1v) is 11.3. The van der Waals surface area contributed by atoms with Crippen molar-refractivity contribution in [3.8, 4) is 22.6 Å². The Balaban J connectivity index is 1.32. The van der Waals surface area contributed by atoms with Gasteiger partial charge in [0.15, 0.2) is 0 Å². The number of hydrogen-bond donors (Lipinski definition) is 0. The molecule has 0 aliphatic carbocycles. The second-order valence-corrected chi connectivity index (χ2v) is 7.72. The van der Waals surface area contributed by atoms with Crippen LogP contribution in [0.15, 0.2) is 113 Å². The van der Waals surface area contributed by atoms with Gasteiger partial charge < -0.3 is 9.47 Å². The minimum atomic E-state index is -0.407. The van der Waals surface area contributed by atoms with Gasteiger partial charge in [0.1, 0.15) is 11.5 Å². The molecule has 0 radical (unpaired) electrons. The van der Waals surface area contributed by atoms with Crippen molar-refractivity contribution in [2.45, 2.75) is 19.8 Å². The number of nitrogens with zero attached hydrogens (tertiary/aromatic N) is 2. The standard InChI is InChI=1S/C29H26N2O3/c1-2-3-21-33-27-17-13-25(14-18-27)30-31-26-15-19-28(20-16-26)34-29(32)24-11-9-23(10-12-24)22-7-5-4-6-8-22/h4-20H,2-3,21H2,1H3. The maximum atomic E-state index is 12.5. The Kier molecular flexibility index (Phi) is 7.80. The number of azo groups is 1. The minimum Gasteiger partial charge on any atom is -0.494 e. The molecule has 0 N–H and O–H groups in total. The first kappa shape index (κ1) is 22.9. The second-order valence-electron chi connectivity index (χ2n) is 7.72. The lowest BCUT2D eigenvalue weighted by molar-refractivity contribution is 0.0735. The van der Waals surface area contributed by atoms with Crippen LogP contribution < -0.4 is 9.47 Å². The van der Waals surface area contributed by atoms with Crippen molar-refractivity contribution in [3.63, 3.8) is 0 Å². The molecule has 4 aromatic rings. The molecule has 0 aliphatic heterocycles. The SMILES string of the molecule is CCCCOc1ccc(N=Nc2ccc(OC(=O)c3ccc(-c4ccccc4)cc3)cc2)cc1. The Bertz CT molecular complexity index is 1220. The van der Waals surface area contributed by atoms with Gasteiger partial charge in [-0.25, -0.2) is 4.79 Å². The molecule has 0 saturated carbocycles. The van der Waals surface area contributed by atoms with Gasteiger partial charge in [0, 0.05) is 0 Å². The van der Waals surface area contributed by atoms with Gasteiger partial charge in [0.05, 0.1) is 23.5 Å². The Morgan fingerprint density at radius 1 is 0.676 bits per heavy atom. The summed E-state index contributed by atoms with van der Waals surface area (Å²) >= 11 is 0. The highest BCUT2D eigenvalue weighted by Gasteiger charge is 2.09. The predicted octanol–water partition coefficient (Wildman–Crippen LogP) is 8.17. The quantitative estimate of drug-likeness (QED) is 0.112. The fourth-order valence-electron chi connectivity index (χ4n) is 3.24. The number of ether oxygens (including phenoxy) is 2. The van der Waals surface area contributed by atoms with Crippen LogP contribution in [0.4, 0.5) is 11.4 Å². The first-order chi connectivity index (χ1) is 16.7. The third kappa shape index (κ3) is 6.39. The van der Waals surface area contributed by atoms with Crippen LogP contribution in [-0.4, -0.2) is 12.6 Å². The summed E-state index contributed by atoms with van der Waals surface area (Å²) in [6, 6.07) is 31.8. The van der Waals surface area contributed by atoms with Crippen molar-refractivity contribution in [3.05, 3.63) is 109 Å². The van der Waals surface area contributed by atoms with E-state index in [0.29, 0.717) is 23.6 Å². The molecular formula is C29H26N2O3. The van der Waals surface area contributed by atoms with Gasteiger partial charge in [-0.1, -0.05) is 55.8 Å². The fraction of sp³-hybridized carbons (Fsp3) is 0.138. The van der Waals surface area contributed by atoms with Crippen LogP contribution in [0, 0.1) is 0 Å². The molecule has 4 rings (SSSR count). The Morgan fingerprint density at radius 3 is 1.82 bits per heavy atom. The van der Waals surface area contributed by atoms with E-state index >= 15 is 0 Å². The highest BCUT2D eigenvalue weighted by atomic mass is 16.5. The molecule has 5 nitrogen and oxygen atoms in total. The highest BCUT2D eigenvalue weighted by molar-refractivity contribution is 5.91. The van der Waals surface area contributed by atoms with Crippen LogP contribution in [0.5, 0.6) is 11.5 Å². The third-order valence-corrected chi connectivity index (χ3v) is 5.16. The largest absolute Gasteiger partial charge is 0.494 e. The van der Waals surface area contributed by atoms with Crippen molar-refractivity contribution >= 4 is 17.3 Å². The molecule has 0 heterocycles. The van der Waals surface area contributed by atoms with Gasteiger partial charge in [-0.05, 0) is 78.2 Å². The maximum Gasteiger partial charge on any atom is 0.343 e. The molecule has 0 aromatic heterocycles. The number of carbonyl (C=O) groups excluding carboxylic acids is 1. The number of hydrogen-bond acceptors (Lipinski definition) is 5. The minimum absolute atomic E-state index is 0.407. The normalized spacial score (nSPS) is 10.9. The van der Waals surface area contributed by atoms with Crippen molar-refractivity contribution in [2.75, 3.05) is 6.61 Å². The Morgan fingerprint density at radius 2 is 1.24 bits per heavy atom. The van der Waals surface area contributed by atoms with E-state index < -0.39 is 5.97 Å². The summed E-state index contributed by atoms with van der Waals surface area (Å²) < 4.78 is 11.1. The number of unbranched alkanes of at least 4 members (excludes halogenated alkanes) is 1. The zero-order chi connectivity index (χ0) is 23.6. The van der Waals surface area contributed by atoms with Crippen molar-refractivity contribution < 1.29 is 14.3 Å². The van der Waals surface area contributed by atoms with E-state index in [1.54, 1.807) is 36.4 Å². The van der Waals surface area contributed by atoms with Crippen molar-refractivity contribution in [1.82, 2.24) is 0 Å². The monoisotopic (exact) mass is 450 g/mol. The van der Waals surface area contributed by atoms with Gasteiger partial charge in [0.25, 0.3) is 0 Å². The van der Waals surface area contributed by atoms with Gasteiger partial charge >= 0.3 is 5.97 Å². The number of benzene rings is 4. The van der Waals surface area contributed by atoms with E-state index in [9.17, 15) is 4.79 Å². The smallest absolute Gasteiger partial charge is 0.343 e. The van der Waals surface area contributed by atoms with Gasteiger partial charge in [0.2, 0.25) is 0 Å². The first-order valence-electron chi connectivity index (χ1n) is 11.3. The van der Waals surface area contributed by atoms with Crippen LogP contribution in [0.3, 0.4) is 0 Å². The van der Waals surface area contributed by atoms with E-state index in [4.69, 9.17) is 9.47 Å². The molecule has 5 heteroatoms. The molecule has 0 atom stereocenters. The number of rotatable bonds is 9. The molecule has 0 spiro atoms. The third-order valence-electron chi connectivity index (χ3n) is 5.16. The van der Waals surface area contributed by atoms with Gasteiger partial charge in [-0.2, -0.15) is 10.2 Å². The summed E-state index contributed by atoms with van der Waals surface area (Å²) in [5.41, 5.74) is 4.03. The van der Waals surface area contributed by atoms with E-state index in [-0.39, 0.29) is 0 Å². The van der Waals surface area contributed by atoms with E-state index in [0.717, 1.165) is 35.4 Å². The Hall–Kier alpha value is -4.25. The van der Waals surface area contributed by atoms with Gasteiger partial charge in [-0.3, -0.25) is 0 Å². The molecule has 34 heavy (non-hydrogen) atoms. The van der Waals surface area contributed by atoms with E-state index in [1.807, 2.05) is 66.7 Å². The summed E-state index contributed by atoms with van der Waals surface area (Å²) in [5.74, 6) is 0.869. The van der Waals surface area contributed by atoms with Crippen molar-refractivity contribution in [2.24, 2.45) is 10.2 Å². The molecule has 0 amide bonds. The average molecular weight is 451 g/mol. The van der Waals surface area contributed by atoms with E-state index in [1.165, 1.54) is 0 Å². The Labute approximate surface area is 199 Å². The zero-order valence-corrected chi connectivity index (χ0v) is 19.1. The summed E-state index contributed by atoms with van der Waals surface area (Å²) in [5, 5.41) is 8.49. The second kappa shape index (κ2) is 11.6. The lowest BCUT2D eigenvalue weighted by Crippen LogP contribution is -2.08. The topological polar surface area (TPSA) is 60.3 Å². The molecular weight excluding hydrogens is 424 g/mol. The molecule has 0 bridgehead atoms. The molecule has 4 aromatic carbocycles. The van der Waals surface area contributed by atoms with Crippen LogP contribution in [0.2, 0.25) is 0 Å². The van der Waals surface area contributed by atoms with Crippen LogP contribution in [0.1, 0.15) is 30.1 Å². The summed E-state index contributed by atoms with van der Waals surface area (Å²) in [4.78, 5) is 12.5. The van der Waals surface area contributed by atoms with E-state index in [2.05, 4.69) is 17.2 Å². The summed E-state index contributed by atoms with van der Waals surface area (Å²) in [7, 11) is 0. The fourth-order valence-corrected chi connectivity index (χ4v) is 3.24. The van der Waals surface area contributed by atoms with Crippen LogP contribution >= 0.6 is 0 Å². The van der Waals surface area contributed by atoms with Gasteiger partial charge in [-0.15, -0.1) is 0 Å². The lowest BCUT2D eigenvalue weighted by atomic mass is 10.0. The van der Waals surface area contributed by atoms with Crippen molar-refractivity contribution in [1.29, 1.82) is 0 Å². The predicted molar refractivity (Wildman–Crippen MR) is 134 cm³/mol. The highest BCUT2D eigenvalue weighted by Crippen LogP contribution is 2.24. The average Bonchev–Trinajstić information content (AvgIpc) is 2.90. The zero-order valence-electron chi connectivity index (χ0n) is 19.1. The van der Waals surface area contributed by atoms with Crippen LogP contribution in [0.25, 0.3) is 11.1 Å². The van der Waals surface area contributed by atoms with Crippen LogP contribution in [-0.2, 0) is 0 Å².